The van der Waals surface area contributed by atoms with Gasteiger partial charge in [-0.3, -0.25) is 4.79 Å². The summed E-state index contributed by atoms with van der Waals surface area (Å²) in [5.41, 5.74) is 0. The van der Waals surface area contributed by atoms with Gasteiger partial charge in [0.2, 0.25) is 0 Å². The van der Waals surface area contributed by atoms with Crippen LogP contribution in [0.3, 0.4) is 0 Å². The molecule has 0 unspecified atom stereocenters. The van der Waals surface area contributed by atoms with Crippen molar-refractivity contribution in [1.29, 1.82) is 0 Å². The van der Waals surface area contributed by atoms with Gasteiger partial charge in [-0.15, -0.1) is 0 Å². The molecule has 0 aliphatic heterocycles. The molecule has 0 radical (unpaired) electrons. The second kappa shape index (κ2) is 20.7. The smallest absolute Gasteiger partial charge is 0.305 e. The SMILES string of the molecule is CCCCCC=CCC=CCC=CCCCCCCC(=O)OCCC. The third-order valence-corrected chi connectivity index (χ3v) is 3.99. The van der Waals surface area contributed by atoms with E-state index in [0.717, 1.165) is 38.5 Å². The van der Waals surface area contributed by atoms with Crippen LogP contribution in [0.15, 0.2) is 36.5 Å². The van der Waals surface area contributed by atoms with E-state index in [2.05, 4.69) is 43.4 Å². The predicted molar refractivity (Wildman–Crippen MR) is 110 cm³/mol. The standard InChI is InChI=1S/C23H40O2/c1-3-5-6-7-8-9-10-11-12-13-14-15-16-17-18-19-20-21-23(24)25-22-4-2/h8-9,11-12,14-15H,3-7,10,13,16-22H2,1-2H3. The van der Waals surface area contributed by atoms with Crippen molar-refractivity contribution in [2.45, 2.75) is 97.3 Å². The largest absolute Gasteiger partial charge is 0.466 e. The first-order valence-corrected chi connectivity index (χ1v) is 10.4. The second-order valence-corrected chi connectivity index (χ2v) is 6.55. The van der Waals surface area contributed by atoms with E-state index in [1.807, 2.05) is 6.92 Å². The lowest BCUT2D eigenvalue weighted by atomic mass is 10.1. The lowest BCUT2D eigenvalue weighted by Gasteiger charge is -2.02. The number of hydrogen-bond donors (Lipinski definition) is 0. The summed E-state index contributed by atoms with van der Waals surface area (Å²) < 4.78 is 5.06. The topological polar surface area (TPSA) is 26.3 Å². The Kier molecular flexibility index (Phi) is 19.6. The third-order valence-electron chi connectivity index (χ3n) is 3.99. The van der Waals surface area contributed by atoms with Crippen LogP contribution < -0.4 is 0 Å². The number of ether oxygens (including phenoxy) is 1. The molecule has 0 saturated heterocycles. The molecule has 0 bridgehead atoms. The second-order valence-electron chi connectivity index (χ2n) is 6.55. The van der Waals surface area contributed by atoms with Gasteiger partial charge < -0.3 is 4.74 Å². The lowest BCUT2D eigenvalue weighted by Crippen LogP contribution is -2.04. The van der Waals surface area contributed by atoms with E-state index in [1.165, 1.54) is 38.5 Å². The molecule has 0 amide bonds. The van der Waals surface area contributed by atoms with Crippen LogP contribution in [0.1, 0.15) is 97.3 Å². The van der Waals surface area contributed by atoms with Gasteiger partial charge in [-0.25, -0.2) is 0 Å². The molecule has 144 valence electrons. The monoisotopic (exact) mass is 348 g/mol. The van der Waals surface area contributed by atoms with Crippen molar-refractivity contribution < 1.29 is 9.53 Å². The minimum absolute atomic E-state index is 0.0377. The molecule has 0 atom stereocenters. The van der Waals surface area contributed by atoms with Gasteiger partial charge in [0.25, 0.3) is 0 Å². The van der Waals surface area contributed by atoms with E-state index in [-0.39, 0.29) is 5.97 Å². The van der Waals surface area contributed by atoms with Crippen molar-refractivity contribution in [2.75, 3.05) is 6.61 Å². The Morgan fingerprint density at radius 1 is 0.680 bits per heavy atom. The first kappa shape index (κ1) is 23.7. The van der Waals surface area contributed by atoms with Crippen LogP contribution in [0.4, 0.5) is 0 Å². The van der Waals surface area contributed by atoms with E-state index in [9.17, 15) is 4.79 Å². The van der Waals surface area contributed by atoms with Gasteiger partial charge in [-0.1, -0.05) is 76.0 Å². The molecule has 0 rings (SSSR count). The van der Waals surface area contributed by atoms with E-state index in [4.69, 9.17) is 4.74 Å². The van der Waals surface area contributed by atoms with Crippen LogP contribution in [0.5, 0.6) is 0 Å². The van der Waals surface area contributed by atoms with Gasteiger partial charge in [0, 0.05) is 6.42 Å². The molecule has 0 spiro atoms. The van der Waals surface area contributed by atoms with Crippen molar-refractivity contribution in [2.24, 2.45) is 0 Å². The Morgan fingerprint density at radius 3 is 1.84 bits per heavy atom. The molecule has 0 aliphatic carbocycles. The molecule has 2 heteroatoms. The van der Waals surface area contributed by atoms with Gasteiger partial charge in [0.15, 0.2) is 0 Å². The van der Waals surface area contributed by atoms with Crippen molar-refractivity contribution in [3.8, 4) is 0 Å². The Morgan fingerprint density at radius 2 is 1.24 bits per heavy atom. The van der Waals surface area contributed by atoms with E-state index >= 15 is 0 Å². The number of allylic oxidation sites excluding steroid dienone is 6. The van der Waals surface area contributed by atoms with Crippen LogP contribution in [0, 0.1) is 0 Å². The highest BCUT2D eigenvalue weighted by Gasteiger charge is 2.00. The Labute approximate surface area is 156 Å². The summed E-state index contributed by atoms with van der Waals surface area (Å²) in [6.07, 6.45) is 28.0. The highest BCUT2D eigenvalue weighted by atomic mass is 16.5. The number of rotatable bonds is 17. The third kappa shape index (κ3) is 20.6. The number of hydrogen-bond acceptors (Lipinski definition) is 2. The zero-order valence-corrected chi connectivity index (χ0v) is 16.7. The highest BCUT2D eigenvalue weighted by Crippen LogP contribution is 2.07. The fourth-order valence-corrected chi connectivity index (χ4v) is 2.46. The quantitative estimate of drug-likeness (QED) is 0.156. The summed E-state index contributed by atoms with van der Waals surface area (Å²) >= 11 is 0. The summed E-state index contributed by atoms with van der Waals surface area (Å²) in [5, 5.41) is 0. The normalized spacial score (nSPS) is 11.9. The van der Waals surface area contributed by atoms with Gasteiger partial charge in [0.05, 0.1) is 6.61 Å². The van der Waals surface area contributed by atoms with Crippen LogP contribution in [-0.4, -0.2) is 12.6 Å². The predicted octanol–water partition coefficient (Wildman–Crippen LogP) is 7.31. The molecule has 0 aromatic carbocycles. The molecule has 0 N–H and O–H groups in total. The van der Waals surface area contributed by atoms with E-state index in [1.54, 1.807) is 0 Å². The summed E-state index contributed by atoms with van der Waals surface area (Å²) in [4.78, 5) is 11.3. The highest BCUT2D eigenvalue weighted by molar-refractivity contribution is 5.69. The van der Waals surface area contributed by atoms with Crippen molar-refractivity contribution >= 4 is 5.97 Å². The first-order valence-electron chi connectivity index (χ1n) is 10.4. The summed E-state index contributed by atoms with van der Waals surface area (Å²) in [7, 11) is 0. The molecule has 0 aromatic rings. The number of unbranched alkanes of at least 4 members (excludes halogenated alkanes) is 7. The summed E-state index contributed by atoms with van der Waals surface area (Å²) in [6, 6.07) is 0. The number of carbonyl (C=O) groups excluding carboxylic acids is 1. The minimum Gasteiger partial charge on any atom is -0.466 e. The van der Waals surface area contributed by atoms with E-state index in [0.29, 0.717) is 13.0 Å². The van der Waals surface area contributed by atoms with Crippen molar-refractivity contribution in [1.82, 2.24) is 0 Å². The van der Waals surface area contributed by atoms with Crippen molar-refractivity contribution in [3.63, 3.8) is 0 Å². The first-order chi connectivity index (χ1) is 12.3. The molecular formula is C23H40O2. The summed E-state index contributed by atoms with van der Waals surface area (Å²) in [5.74, 6) is -0.0377. The fourth-order valence-electron chi connectivity index (χ4n) is 2.46. The molecule has 0 fully saturated rings. The molecule has 0 aromatic heterocycles. The van der Waals surface area contributed by atoms with Gasteiger partial charge >= 0.3 is 5.97 Å². The fraction of sp³-hybridized carbons (Fsp3) is 0.696. The molecule has 0 saturated carbocycles. The lowest BCUT2D eigenvalue weighted by molar-refractivity contribution is -0.143. The molecule has 2 nitrogen and oxygen atoms in total. The maximum absolute atomic E-state index is 11.3. The molecular weight excluding hydrogens is 308 g/mol. The molecule has 0 aliphatic rings. The maximum Gasteiger partial charge on any atom is 0.305 e. The average molecular weight is 349 g/mol. The molecule has 25 heavy (non-hydrogen) atoms. The van der Waals surface area contributed by atoms with Gasteiger partial charge in [-0.2, -0.15) is 0 Å². The van der Waals surface area contributed by atoms with E-state index < -0.39 is 0 Å². The Balaban J connectivity index is 3.32. The zero-order chi connectivity index (χ0) is 18.4. The minimum atomic E-state index is -0.0377. The van der Waals surface area contributed by atoms with Crippen LogP contribution in [0.2, 0.25) is 0 Å². The zero-order valence-electron chi connectivity index (χ0n) is 16.7. The van der Waals surface area contributed by atoms with Crippen LogP contribution >= 0.6 is 0 Å². The Bertz CT molecular complexity index is 366. The van der Waals surface area contributed by atoms with Gasteiger partial charge in [-0.05, 0) is 51.4 Å². The van der Waals surface area contributed by atoms with Crippen LogP contribution in [-0.2, 0) is 9.53 Å². The average Bonchev–Trinajstić information content (AvgIpc) is 2.62. The number of carbonyl (C=O) groups is 1. The Hall–Kier alpha value is -1.31. The molecule has 0 heterocycles. The van der Waals surface area contributed by atoms with Crippen LogP contribution in [0.25, 0.3) is 0 Å². The summed E-state index contributed by atoms with van der Waals surface area (Å²) in [6.45, 7) is 4.82. The number of esters is 1. The van der Waals surface area contributed by atoms with Crippen molar-refractivity contribution in [3.05, 3.63) is 36.5 Å². The maximum atomic E-state index is 11.3. The van der Waals surface area contributed by atoms with Gasteiger partial charge in [0.1, 0.15) is 0 Å².